The molecule has 4 atom stereocenters. The van der Waals surface area contributed by atoms with Gasteiger partial charge in [-0.15, -0.1) is 0 Å². The minimum Gasteiger partial charge on any atom is -0.481 e. The molecule has 1 aromatic carbocycles. The summed E-state index contributed by atoms with van der Waals surface area (Å²) in [5.74, 6) is -0.759. The van der Waals surface area contributed by atoms with Gasteiger partial charge in [0.2, 0.25) is 5.91 Å². The van der Waals surface area contributed by atoms with Crippen molar-refractivity contribution < 1.29 is 19.8 Å². The van der Waals surface area contributed by atoms with Crippen molar-refractivity contribution in [3.05, 3.63) is 33.8 Å². The zero-order chi connectivity index (χ0) is 17.2. The maximum absolute atomic E-state index is 12.3. The molecule has 4 bridgehead atoms. The summed E-state index contributed by atoms with van der Waals surface area (Å²) in [5, 5.41) is 23.4. The summed E-state index contributed by atoms with van der Waals surface area (Å²) >= 11 is 11.8. The summed E-state index contributed by atoms with van der Waals surface area (Å²) in [4.78, 5) is 24.0. The summed E-state index contributed by atoms with van der Waals surface area (Å²) in [6.07, 6.45) is 0.542. The Hall–Kier alpha value is -1.30. The first-order chi connectivity index (χ1) is 11.3. The highest BCUT2D eigenvalue weighted by atomic mass is 35.5. The van der Waals surface area contributed by atoms with Gasteiger partial charge in [0, 0.05) is 22.5 Å². The largest absolute Gasteiger partial charge is 0.481 e. The maximum atomic E-state index is 12.3. The molecule has 4 saturated carbocycles. The first-order valence-corrected chi connectivity index (χ1v) is 8.76. The molecule has 4 aliphatic carbocycles. The molecule has 0 heterocycles. The van der Waals surface area contributed by atoms with Crippen LogP contribution >= 0.6 is 23.2 Å². The molecule has 0 radical (unpaired) electrons. The summed E-state index contributed by atoms with van der Waals surface area (Å²) < 4.78 is 0. The minimum absolute atomic E-state index is 0.0798. The number of carboxylic acids is 1. The number of aliphatic hydroxyl groups is 1. The highest BCUT2D eigenvalue weighted by Gasteiger charge is 2.83. The number of rotatable bonds is 5. The van der Waals surface area contributed by atoms with Crippen LogP contribution in [0, 0.1) is 23.2 Å². The van der Waals surface area contributed by atoms with Crippen molar-refractivity contribution in [2.45, 2.75) is 31.4 Å². The molecule has 128 valence electrons. The van der Waals surface area contributed by atoms with Crippen molar-refractivity contribution in [1.82, 2.24) is 5.32 Å². The normalized spacial score (nSPS) is 36.5. The van der Waals surface area contributed by atoms with Crippen LogP contribution in [0.25, 0.3) is 0 Å². The Bertz CT molecular complexity index is 705. The van der Waals surface area contributed by atoms with E-state index in [1.807, 2.05) is 0 Å². The lowest BCUT2D eigenvalue weighted by Gasteiger charge is -2.23. The molecule has 0 spiro atoms. The zero-order valence-electron chi connectivity index (χ0n) is 12.7. The predicted molar refractivity (Wildman–Crippen MR) is 87.9 cm³/mol. The number of aliphatic carboxylic acids is 1. The lowest BCUT2D eigenvalue weighted by Crippen LogP contribution is -2.48. The molecule has 3 N–H and O–H groups in total. The Kier molecular flexibility index (Phi) is 3.61. The lowest BCUT2D eigenvalue weighted by atomic mass is 9.96. The number of hydrogen-bond acceptors (Lipinski definition) is 3. The number of nitrogens with one attached hydrogen (secondary N) is 1. The predicted octanol–water partition coefficient (Wildman–Crippen LogP) is 2.12. The van der Waals surface area contributed by atoms with Gasteiger partial charge in [-0.25, -0.2) is 0 Å². The Morgan fingerprint density at radius 1 is 1.21 bits per heavy atom. The third-order valence-electron chi connectivity index (χ3n) is 6.03. The van der Waals surface area contributed by atoms with Gasteiger partial charge in [-0.3, -0.25) is 9.59 Å². The van der Waals surface area contributed by atoms with E-state index < -0.39 is 23.4 Å². The number of amides is 1. The molecule has 0 saturated heterocycles. The third-order valence-corrected chi connectivity index (χ3v) is 6.46. The summed E-state index contributed by atoms with van der Waals surface area (Å²) in [6, 6.07) is 4.50. The second kappa shape index (κ2) is 5.35. The van der Waals surface area contributed by atoms with Gasteiger partial charge < -0.3 is 15.5 Å². The molecule has 5 nitrogen and oxygen atoms in total. The molecule has 1 aromatic rings. The SMILES string of the molecule is O=C(NC1C2CC3C(C2)C31C(=O)O)C(O)Cc1cc(Cl)cc(Cl)c1. The van der Waals surface area contributed by atoms with Crippen LogP contribution in [0.5, 0.6) is 0 Å². The number of halogens is 2. The van der Waals surface area contributed by atoms with Crippen molar-refractivity contribution in [3.8, 4) is 0 Å². The monoisotopic (exact) mass is 369 g/mol. The number of carbonyl (C=O) groups excluding carboxylic acids is 1. The van der Waals surface area contributed by atoms with E-state index >= 15 is 0 Å². The molecule has 4 aliphatic rings. The van der Waals surface area contributed by atoms with Crippen LogP contribution < -0.4 is 5.32 Å². The van der Waals surface area contributed by atoms with E-state index in [0.29, 0.717) is 15.6 Å². The van der Waals surface area contributed by atoms with Crippen molar-refractivity contribution in [1.29, 1.82) is 0 Å². The van der Waals surface area contributed by atoms with E-state index in [2.05, 4.69) is 5.32 Å². The Balaban J connectivity index is 1.44. The van der Waals surface area contributed by atoms with Crippen LogP contribution in [0.4, 0.5) is 0 Å². The van der Waals surface area contributed by atoms with Crippen LogP contribution in [0.15, 0.2) is 18.2 Å². The van der Waals surface area contributed by atoms with Gasteiger partial charge in [0.25, 0.3) is 0 Å². The van der Waals surface area contributed by atoms with Crippen LogP contribution in [-0.2, 0) is 16.0 Å². The third kappa shape index (κ3) is 2.18. The fourth-order valence-electron chi connectivity index (χ4n) is 5.14. The van der Waals surface area contributed by atoms with Crippen LogP contribution in [0.1, 0.15) is 18.4 Å². The fourth-order valence-corrected chi connectivity index (χ4v) is 5.71. The van der Waals surface area contributed by atoms with E-state index in [4.69, 9.17) is 23.2 Å². The fraction of sp³-hybridized carbons (Fsp3) is 0.529. The quantitative estimate of drug-likeness (QED) is 0.741. The van der Waals surface area contributed by atoms with Gasteiger partial charge in [0.15, 0.2) is 0 Å². The molecule has 5 rings (SSSR count). The maximum Gasteiger partial charge on any atom is 0.312 e. The second-order valence-electron chi connectivity index (χ2n) is 7.17. The van der Waals surface area contributed by atoms with E-state index in [1.165, 1.54) is 0 Å². The number of carbonyl (C=O) groups is 2. The van der Waals surface area contributed by atoms with Gasteiger partial charge in [-0.1, -0.05) is 23.2 Å². The topological polar surface area (TPSA) is 86.6 Å². The van der Waals surface area contributed by atoms with Gasteiger partial charge in [0.05, 0.1) is 5.41 Å². The van der Waals surface area contributed by atoms with Gasteiger partial charge >= 0.3 is 5.97 Å². The number of hydrogen-bond donors (Lipinski definition) is 3. The molecule has 0 aliphatic heterocycles. The van der Waals surface area contributed by atoms with E-state index in [9.17, 15) is 19.8 Å². The van der Waals surface area contributed by atoms with E-state index in [1.54, 1.807) is 18.2 Å². The standard InChI is InChI=1S/C17H17Cl2NO4/c18-9-1-7(2-10(19)6-9)3-13(21)15(22)20-14-8-4-11-12(5-8)17(11,14)16(23)24/h1-2,6,8,11-14,21H,3-5H2,(H,20,22)(H,23,24). The number of aliphatic hydroxyl groups excluding tert-OH is 1. The summed E-state index contributed by atoms with van der Waals surface area (Å²) in [6.45, 7) is 0. The van der Waals surface area contributed by atoms with Gasteiger partial charge in [-0.05, 0) is 54.4 Å². The van der Waals surface area contributed by atoms with Gasteiger partial charge in [-0.2, -0.15) is 0 Å². The van der Waals surface area contributed by atoms with Crippen molar-refractivity contribution in [2.75, 3.05) is 0 Å². The zero-order valence-corrected chi connectivity index (χ0v) is 14.2. The molecular formula is C17H17Cl2NO4. The molecule has 4 fully saturated rings. The smallest absolute Gasteiger partial charge is 0.312 e. The van der Waals surface area contributed by atoms with Crippen molar-refractivity contribution in [3.63, 3.8) is 0 Å². The summed E-state index contributed by atoms with van der Waals surface area (Å²) in [7, 11) is 0. The lowest BCUT2D eigenvalue weighted by molar-refractivity contribution is -0.145. The average molecular weight is 370 g/mol. The number of benzene rings is 1. The molecule has 4 unspecified atom stereocenters. The van der Waals surface area contributed by atoms with E-state index in [-0.39, 0.29) is 30.2 Å². The summed E-state index contributed by atoms with van der Waals surface area (Å²) in [5.41, 5.74) is -0.137. The van der Waals surface area contributed by atoms with Crippen LogP contribution in [-0.4, -0.2) is 34.2 Å². The average Bonchev–Trinajstić information content (AvgIpc) is 2.82. The Morgan fingerprint density at radius 2 is 1.79 bits per heavy atom. The Labute approximate surface area is 148 Å². The highest BCUT2D eigenvalue weighted by Crippen LogP contribution is 2.79. The highest BCUT2D eigenvalue weighted by molar-refractivity contribution is 6.34. The number of carboxylic acid groups (broad SMARTS) is 1. The second-order valence-corrected chi connectivity index (χ2v) is 8.04. The molecule has 1 amide bonds. The molecular weight excluding hydrogens is 353 g/mol. The first kappa shape index (κ1) is 16.2. The van der Waals surface area contributed by atoms with Crippen LogP contribution in [0.3, 0.4) is 0 Å². The van der Waals surface area contributed by atoms with Gasteiger partial charge in [0.1, 0.15) is 6.10 Å². The van der Waals surface area contributed by atoms with Crippen LogP contribution in [0.2, 0.25) is 10.0 Å². The molecule has 0 aromatic heterocycles. The van der Waals surface area contributed by atoms with Crippen molar-refractivity contribution in [2.24, 2.45) is 23.2 Å². The first-order valence-electron chi connectivity index (χ1n) is 8.00. The molecule has 7 heteroatoms. The van der Waals surface area contributed by atoms with E-state index in [0.717, 1.165) is 12.8 Å². The van der Waals surface area contributed by atoms with Crippen molar-refractivity contribution >= 4 is 35.1 Å². The molecule has 24 heavy (non-hydrogen) atoms. The Morgan fingerprint density at radius 3 is 2.33 bits per heavy atom. The minimum atomic E-state index is -1.26.